The molecule has 2 heterocycles. The minimum absolute atomic E-state index is 0.0200. The van der Waals surface area contributed by atoms with Crippen molar-refractivity contribution in [2.75, 3.05) is 39.4 Å². The molecule has 0 radical (unpaired) electrons. The first kappa shape index (κ1) is 19.6. The SMILES string of the molecule is CC(C)CCN1CCN(CN2C(=O)NC3(CCCCCCC3)C2=O)CC1. The lowest BCUT2D eigenvalue weighted by Gasteiger charge is -2.36. The van der Waals surface area contributed by atoms with Crippen LogP contribution in [0.4, 0.5) is 4.79 Å². The number of carbonyl (C=O) groups excluding carboxylic acids is 2. The largest absolute Gasteiger partial charge is 0.326 e. The molecule has 2 saturated heterocycles. The molecule has 0 atom stereocenters. The molecule has 3 rings (SSSR count). The average molecular weight is 365 g/mol. The van der Waals surface area contributed by atoms with Crippen molar-refractivity contribution in [1.82, 2.24) is 20.0 Å². The quantitative estimate of drug-likeness (QED) is 0.762. The predicted octanol–water partition coefficient (Wildman–Crippen LogP) is 2.64. The first-order chi connectivity index (χ1) is 12.5. The second-order valence-electron chi connectivity index (χ2n) is 8.80. The van der Waals surface area contributed by atoms with Gasteiger partial charge in [-0.25, -0.2) is 9.69 Å². The lowest BCUT2D eigenvalue weighted by molar-refractivity contribution is -0.133. The first-order valence-corrected chi connectivity index (χ1v) is 10.6. The summed E-state index contributed by atoms with van der Waals surface area (Å²) in [5.41, 5.74) is -0.614. The zero-order valence-corrected chi connectivity index (χ0v) is 16.6. The van der Waals surface area contributed by atoms with Crippen LogP contribution in [0.5, 0.6) is 0 Å². The van der Waals surface area contributed by atoms with E-state index in [2.05, 4.69) is 29.0 Å². The van der Waals surface area contributed by atoms with Crippen molar-refractivity contribution in [1.29, 1.82) is 0 Å². The standard InChI is InChI=1S/C20H36N4O2/c1-17(2)8-11-22-12-14-23(15-13-22)16-24-18(25)20(21-19(24)26)9-6-4-3-5-7-10-20/h17H,3-16H2,1-2H3,(H,21,26). The second-order valence-corrected chi connectivity index (χ2v) is 8.80. The van der Waals surface area contributed by atoms with E-state index in [0.717, 1.165) is 64.3 Å². The molecule has 0 bridgehead atoms. The summed E-state index contributed by atoms with van der Waals surface area (Å²) in [7, 11) is 0. The fourth-order valence-electron chi connectivity index (χ4n) is 4.45. The Morgan fingerprint density at radius 1 is 0.923 bits per heavy atom. The molecule has 1 spiro atoms. The minimum Gasteiger partial charge on any atom is -0.323 e. The van der Waals surface area contributed by atoms with Crippen LogP contribution in [0.15, 0.2) is 0 Å². The number of piperazine rings is 1. The molecule has 1 saturated carbocycles. The summed E-state index contributed by atoms with van der Waals surface area (Å²) >= 11 is 0. The third kappa shape index (κ3) is 4.58. The zero-order valence-electron chi connectivity index (χ0n) is 16.6. The van der Waals surface area contributed by atoms with Crippen LogP contribution in [0.2, 0.25) is 0 Å². The Morgan fingerprint density at radius 2 is 1.50 bits per heavy atom. The highest BCUT2D eigenvalue weighted by Crippen LogP contribution is 2.32. The molecular weight excluding hydrogens is 328 g/mol. The highest BCUT2D eigenvalue weighted by atomic mass is 16.2. The van der Waals surface area contributed by atoms with Gasteiger partial charge in [-0.15, -0.1) is 0 Å². The normalized spacial score (nSPS) is 25.6. The van der Waals surface area contributed by atoms with Gasteiger partial charge in [-0.3, -0.25) is 9.69 Å². The number of nitrogens with one attached hydrogen (secondary N) is 1. The monoisotopic (exact) mass is 364 g/mol. The van der Waals surface area contributed by atoms with Gasteiger partial charge in [-0.05, 0) is 31.7 Å². The topological polar surface area (TPSA) is 55.9 Å². The van der Waals surface area contributed by atoms with E-state index >= 15 is 0 Å². The zero-order chi connectivity index (χ0) is 18.6. The molecule has 1 aliphatic carbocycles. The molecule has 3 aliphatic rings. The summed E-state index contributed by atoms with van der Waals surface area (Å²) in [5.74, 6) is 0.755. The molecule has 0 aromatic rings. The first-order valence-electron chi connectivity index (χ1n) is 10.6. The van der Waals surface area contributed by atoms with Crippen molar-refractivity contribution in [3.63, 3.8) is 0 Å². The highest BCUT2D eigenvalue weighted by molar-refractivity contribution is 6.07. The van der Waals surface area contributed by atoms with Crippen molar-refractivity contribution < 1.29 is 9.59 Å². The van der Waals surface area contributed by atoms with Gasteiger partial charge in [0.2, 0.25) is 0 Å². The van der Waals surface area contributed by atoms with Crippen molar-refractivity contribution in [3.8, 4) is 0 Å². The molecule has 3 amide bonds. The van der Waals surface area contributed by atoms with Crippen LogP contribution in [0, 0.1) is 5.92 Å². The number of hydrogen-bond donors (Lipinski definition) is 1. The molecule has 26 heavy (non-hydrogen) atoms. The van der Waals surface area contributed by atoms with Crippen LogP contribution in [0.25, 0.3) is 0 Å². The maximum Gasteiger partial charge on any atom is 0.326 e. The summed E-state index contributed by atoms with van der Waals surface area (Å²) in [5, 5.41) is 3.07. The van der Waals surface area contributed by atoms with Crippen molar-refractivity contribution in [2.24, 2.45) is 5.92 Å². The third-order valence-electron chi connectivity index (χ3n) is 6.28. The lowest BCUT2D eigenvalue weighted by Crippen LogP contribution is -2.52. The molecule has 0 unspecified atom stereocenters. The fraction of sp³-hybridized carbons (Fsp3) is 0.900. The third-order valence-corrected chi connectivity index (χ3v) is 6.28. The molecule has 0 aromatic carbocycles. The van der Waals surface area contributed by atoms with Gasteiger partial charge >= 0.3 is 6.03 Å². The Hall–Kier alpha value is -1.14. The van der Waals surface area contributed by atoms with E-state index < -0.39 is 5.54 Å². The van der Waals surface area contributed by atoms with Crippen LogP contribution in [-0.2, 0) is 4.79 Å². The van der Waals surface area contributed by atoms with Gasteiger partial charge in [0.25, 0.3) is 5.91 Å². The molecule has 6 nitrogen and oxygen atoms in total. The van der Waals surface area contributed by atoms with E-state index in [4.69, 9.17) is 0 Å². The maximum atomic E-state index is 13.1. The van der Waals surface area contributed by atoms with Gasteiger partial charge in [0.1, 0.15) is 5.54 Å². The van der Waals surface area contributed by atoms with Crippen molar-refractivity contribution in [2.45, 2.75) is 70.8 Å². The Morgan fingerprint density at radius 3 is 2.12 bits per heavy atom. The molecular formula is C20H36N4O2. The predicted molar refractivity (Wildman–Crippen MR) is 103 cm³/mol. The number of amides is 3. The number of urea groups is 1. The maximum absolute atomic E-state index is 13.1. The Balaban J connectivity index is 1.52. The molecule has 1 N–H and O–H groups in total. The van der Waals surface area contributed by atoms with Gasteiger partial charge < -0.3 is 10.2 Å². The van der Waals surface area contributed by atoms with E-state index in [1.165, 1.54) is 30.6 Å². The average Bonchev–Trinajstić information content (AvgIpc) is 2.82. The van der Waals surface area contributed by atoms with E-state index in [-0.39, 0.29) is 11.9 Å². The van der Waals surface area contributed by atoms with Gasteiger partial charge in [0.15, 0.2) is 0 Å². The van der Waals surface area contributed by atoms with Gasteiger partial charge in [-0.1, -0.05) is 46.0 Å². The van der Waals surface area contributed by atoms with Gasteiger partial charge in [0, 0.05) is 26.2 Å². The summed E-state index contributed by atoms with van der Waals surface area (Å²) in [6.07, 6.45) is 8.50. The number of nitrogens with zero attached hydrogens (tertiary/aromatic N) is 3. The van der Waals surface area contributed by atoms with Crippen LogP contribution in [0.1, 0.15) is 65.2 Å². The Bertz CT molecular complexity index is 492. The second kappa shape index (κ2) is 8.70. The van der Waals surface area contributed by atoms with E-state index in [0.29, 0.717) is 6.67 Å². The number of imide groups is 1. The Kier molecular flexibility index (Phi) is 6.56. The molecule has 0 aromatic heterocycles. The van der Waals surface area contributed by atoms with Crippen LogP contribution >= 0.6 is 0 Å². The highest BCUT2D eigenvalue weighted by Gasteiger charge is 2.50. The van der Waals surface area contributed by atoms with E-state index in [1.54, 1.807) is 0 Å². The van der Waals surface area contributed by atoms with Crippen LogP contribution in [-0.4, -0.2) is 71.6 Å². The van der Waals surface area contributed by atoms with Crippen molar-refractivity contribution >= 4 is 11.9 Å². The summed E-state index contributed by atoms with van der Waals surface area (Å²) < 4.78 is 0. The minimum atomic E-state index is -0.614. The van der Waals surface area contributed by atoms with Crippen LogP contribution in [0.3, 0.4) is 0 Å². The number of hydrogen-bond acceptors (Lipinski definition) is 4. The molecule has 6 heteroatoms. The van der Waals surface area contributed by atoms with Gasteiger partial charge in [-0.2, -0.15) is 0 Å². The molecule has 3 fully saturated rings. The lowest BCUT2D eigenvalue weighted by atomic mass is 9.84. The summed E-state index contributed by atoms with van der Waals surface area (Å²) in [6, 6.07) is -0.183. The Labute approximate surface area is 158 Å². The number of rotatable bonds is 5. The van der Waals surface area contributed by atoms with E-state index in [1.807, 2.05) is 0 Å². The van der Waals surface area contributed by atoms with Crippen molar-refractivity contribution in [3.05, 3.63) is 0 Å². The van der Waals surface area contributed by atoms with E-state index in [9.17, 15) is 9.59 Å². The molecule has 2 aliphatic heterocycles. The molecule has 148 valence electrons. The van der Waals surface area contributed by atoms with Gasteiger partial charge in [0.05, 0.1) is 6.67 Å². The fourth-order valence-corrected chi connectivity index (χ4v) is 4.45. The number of carbonyl (C=O) groups is 2. The van der Waals surface area contributed by atoms with Crippen LogP contribution < -0.4 is 5.32 Å². The summed E-state index contributed by atoms with van der Waals surface area (Å²) in [6.45, 7) is 10.0. The smallest absolute Gasteiger partial charge is 0.323 e. The summed E-state index contributed by atoms with van der Waals surface area (Å²) in [4.78, 5) is 31.8.